The minimum Gasteiger partial charge on any atom is -0.492 e. The van der Waals surface area contributed by atoms with Crippen molar-refractivity contribution in [3.63, 3.8) is 0 Å². The Labute approximate surface area is 125 Å². The predicted molar refractivity (Wildman–Crippen MR) is 85.0 cm³/mol. The van der Waals surface area contributed by atoms with E-state index in [1.807, 2.05) is 31.2 Å². The molecule has 0 spiro atoms. The van der Waals surface area contributed by atoms with Gasteiger partial charge in [0, 0.05) is 11.8 Å². The summed E-state index contributed by atoms with van der Waals surface area (Å²) < 4.78 is 29.6. The van der Waals surface area contributed by atoms with Gasteiger partial charge in [-0.15, -0.1) is 0 Å². The summed E-state index contributed by atoms with van der Waals surface area (Å²) in [7, 11) is -3.19. The van der Waals surface area contributed by atoms with Crippen molar-refractivity contribution in [3.8, 4) is 5.75 Å². The summed E-state index contributed by atoms with van der Waals surface area (Å²) in [5.41, 5.74) is 8.05. The summed E-state index contributed by atoms with van der Waals surface area (Å²) in [6.45, 7) is 2.03. The van der Waals surface area contributed by atoms with Crippen LogP contribution in [-0.2, 0) is 15.6 Å². The maximum atomic E-state index is 12.1. The SMILES string of the molecule is Cc1ccccc1CS(=O)(=O)CCOc1cccc(N)c1. The molecule has 0 saturated heterocycles. The summed E-state index contributed by atoms with van der Waals surface area (Å²) in [4.78, 5) is 0. The van der Waals surface area contributed by atoms with E-state index in [1.165, 1.54) is 0 Å². The first-order chi connectivity index (χ1) is 9.96. The van der Waals surface area contributed by atoms with Gasteiger partial charge in [-0.2, -0.15) is 0 Å². The van der Waals surface area contributed by atoms with Gasteiger partial charge in [-0.25, -0.2) is 8.42 Å². The number of nitrogens with two attached hydrogens (primary N) is 1. The van der Waals surface area contributed by atoms with Crippen molar-refractivity contribution in [3.05, 3.63) is 59.7 Å². The van der Waals surface area contributed by atoms with Gasteiger partial charge in [0.15, 0.2) is 9.84 Å². The molecule has 4 nitrogen and oxygen atoms in total. The van der Waals surface area contributed by atoms with Crippen LogP contribution in [0.2, 0.25) is 0 Å². The van der Waals surface area contributed by atoms with Crippen molar-refractivity contribution in [2.24, 2.45) is 0 Å². The van der Waals surface area contributed by atoms with Crippen molar-refractivity contribution >= 4 is 15.5 Å². The number of benzene rings is 2. The molecule has 0 heterocycles. The second-order valence-corrected chi connectivity index (χ2v) is 7.12. The molecule has 0 unspecified atom stereocenters. The molecule has 0 aliphatic rings. The molecule has 2 rings (SSSR count). The van der Waals surface area contributed by atoms with Crippen molar-refractivity contribution in [2.45, 2.75) is 12.7 Å². The smallest absolute Gasteiger partial charge is 0.157 e. The van der Waals surface area contributed by atoms with Crippen LogP contribution in [0, 0.1) is 6.92 Å². The van der Waals surface area contributed by atoms with E-state index in [0.29, 0.717) is 11.4 Å². The highest BCUT2D eigenvalue weighted by atomic mass is 32.2. The first-order valence-electron chi connectivity index (χ1n) is 6.69. The number of hydrogen-bond donors (Lipinski definition) is 1. The van der Waals surface area contributed by atoms with Gasteiger partial charge < -0.3 is 10.5 Å². The molecule has 2 aromatic carbocycles. The lowest BCUT2D eigenvalue weighted by molar-refractivity contribution is 0.341. The molecule has 0 saturated carbocycles. The highest BCUT2D eigenvalue weighted by Gasteiger charge is 2.13. The van der Waals surface area contributed by atoms with E-state index >= 15 is 0 Å². The Morgan fingerprint density at radius 2 is 1.86 bits per heavy atom. The molecule has 21 heavy (non-hydrogen) atoms. The van der Waals surface area contributed by atoms with E-state index in [-0.39, 0.29) is 18.1 Å². The summed E-state index contributed by atoms with van der Waals surface area (Å²) in [6, 6.07) is 14.4. The Hall–Kier alpha value is -2.01. The molecule has 2 N–H and O–H groups in total. The third-order valence-corrected chi connectivity index (χ3v) is 4.70. The number of sulfone groups is 1. The topological polar surface area (TPSA) is 69.4 Å². The fraction of sp³-hybridized carbons (Fsp3) is 0.250. The number of anilines is 1. The second kappa shape index (κ2) is 6.63. The van der Waals surface area contributed by atoms with Gasteiger partial charge in [0.1, 0.15) is 12.4 Å². The Morgan fingerprint density at radius 3 is 2.57 bits per heavy atom. The number of rotatable bonds is 6. The summed E-state index contributed by atoms with van der Waals surface area (Å²) in [6.07, 6.45) is 0. The van der Waals surface area contributed by atoms with Gasteiger partial charge in [-0.05, 0) is 30.2 Å². The zero-order valence-corrected chi connectivity index (χ0v) is 12.8. The molecule has 0 aliphatic heterocycles. The van der Waals surface area contributed by atoms with Crippen molar-refractivity contribution < 1.29 is 13.2 Å². The quantitative estimate of drug-likeness (QED) is 0.833. The summed E-state index contributed by atoms with van der Waals surface area (Å²) >= 11 is 0. The molecule has 0 bridgehead atoms. The van der Waals surface area contributed by atoms with Gasteiger partial charge in [-0.3, -0.25) is 0 Å². The monoisotopic (exact) mass is 305 g/mol. The average molecular weight is 305 g/mol. The molecule has 112 valence electrons. The van der Waals surface area contributed by atoms with E-state index in [0.717, 1.165) is 11.1 Å². The third-order valence-electron chi connectivity index (χ3n) is 3.16. The van der Waals surface area contributed by atoms with Crippen LogP contribution in [0.15, 0.2) is 48.5 Å². The van der Waals surface area contributed by atoms with Gasteiger partial charge in [-0.1, -0.05) is 30.3 Å². The number of aryl methyl sites for hydroxylation is 1. The average Bonchev–Trinajstić information content (AvgIpc) is 2.41. The number of nitrogen functional groups attached to an aromatic ring is 1. The Kier molecular flexibility index (Phi) is 4.85. The van der Waals surface area contributed by atoms with Crippen LogP contribution >= 0.6 is 0 Å². The molecule has 0 amide bonds. The van der Waals surface area contributed by atoms with Gasteiger partial charge in [0.2, 0.25) is 0 Å². The van der Waals surface area contributed by atoms with Crippen LogP contribution in [0.1, 0.15) is 11.1 Å². The van der Waals surface area contributed by atoms with Gasteiger partial charge in [0.05, 0.1) is 11.5 Å². The van der Waals surface area contributed by atoms with Gasteiger partial charge >= 0.3 is 0 Å². The van der Waals surface area contributed by atoms with Crippen LogP contribution < -0.4 is 10.5 Å². The van der Waals surface area contributed by atoms with Crippen molar-refractivity contribution in [2.75, 3.05) is 18.1 Å². The molecule has 0 fully saturated rings. The van der Waals surface area contributed by atoms with Crippen LogP contribution in [0.3, 0.4) is 0 Å². The highest BCUT2D eigenvalue weighted by Crippen LogP contribution is 2.15. The van der Waals surface area contributed by atoms with Crippen molar-refractivity contribution in [1.82, 2.24) is 0 Å². The molecular weight excluding hydrogens is 286 g/mol. The van der Waals surface area contributed by atoms with Gasteiger partial charge in [0.25, 0.3) is 0 Å². The molecule has 0 atom stereocenters. The second-order valence-electron chi connectivity index (χ2n) is 4.94. The molecule has 0 radical (unpaired) electrons. The van der Waals surface area contributed by atoms with E-state index < -0.39 is 9.84 Å². The number of ether oxygens (including phenoxy) is 1. The third kappa shape index (κ3) is 4.79. The minimum absolute atomic E-state index is 0.0177. The first-order valence-corrected chi connectivity index (χ1v) is 8.52. The Morgan fingerprint density at radius 1 is 1.10 bits per heavy atom. The first kappa shape index (κ1) is 15.4. The maximum Gasteiger partial charge on any atom is 0.157 e. The number of hydrogen-bond acceptors (Lipinski definition) is 4. The summed E-state index contributed by atoms with van der Waals surface area (Å²) in [5, 5.41) is 0. The zero-order chi connectivity index (χ0) is 15.3. The van der Waals surface area contributed by atoms with Crippen LogP contribution in [0.4, 0.5) is 5.69 Å². The van der Waals surface area contributed by atoms with Crippen LogP contribution in [0.25, 0.3) is 0 Å². The molecule has 0 aromatic heterocycles. The lowest BCUT2D eigenvalue weighted by atomic mass is 10.1. The lowest BCUT2D eigenvalue weighted by Crippen LogP contribution is -2.16. The molecule has 0 aliphatic carbocycles. The largest absolute Gasteiger partial charge is 0.492 e. The minimum atomic E-state index is -3.19. The van der Waals surface area contributed by atoms with Crippen molar-refractivity contribution in [1.29, 1.82) is 0 Å². The standard InChI is InChI=1S/C16H19NO3S/c1-13-5-2-3-6-14(13)12-21(18,19)10-9-20-16-8-4-7-15(17)11-16/h2-8,11H,9-10,12,17H2,1H3. The fourth-order valence-corrected chi connectivity index (χ4v) is 3.25. The van der Waals surface area contributed by atoms with E-state index in [9.17, 15) is 8.42 Å². The molecular formula is C16H19NO3S. The summed E-state index contributed by atoms with van der Waals surface area (Å²) in [5.74, 6) is 0.608. The highest BCUT2D eigenvalue weighted by molar-refractivity contribution is 7.90. The van der Waals surface area contributed by atoms with E-state index in [1.54, 1.807) is 24.3 Å². The fourth-order valence-electron chi connectivity index (χ4n) is 1.97. The Balaban J connectivity index is 1.91. The van der Waals surface area contributed by atoms with E-state index in [4.69, 9.17) is 10.5 Å². The lowest BCUT2D eigenvalue weighted by Gasteiger charge is -2.09. The predicted octanol–water partition coefficient (Wildman–Crippen LogP) is 2.57. The van der Waals surface area contributed by atoms with E-state index in [2.05, 4.69) is 0 Å². The van der Waals surface area contributed by atoms with Crippen LogP contribution in [-0.4, -0.2) is 20.8 Å². The zero-order valence-electron chi connectivity index (χ0n) is 12.0. The Bertz CT molecular complexity index is 711. The maximum absolute atomic E-state index is 12.1. The molecule has 2 aromatic rings. The van der Waals surface area contributed by atoms with Crippen LogP contribution in [0.5, 0.6) is 5.75 Å². The molecule has 5 heteroatoms. The normalized spacial score (nSPS) is 11.3.